The Kier molecular flexibility index (Phi) is 4.03. The average molecular weight is 287 g/mol. The highest BCUT2D eigenvalue weighted by molar-refractivity contribution is 5.54. The van der Waals surface area contributed by atoms with Gasteiger partial charge in [0.1, 0.15) is 0 Å². The first-order valence-electron chi connectivity index (χ1n) is 7.42. The van der Waals surface area contributed by atoms with Gasteiger partial charge in [-0.25, -0.2) is 0 Å². The van der Waals surface area contributed by atoms with E-state index in [0.717, 1.165) is 18.5 Å². The zero-order valence-electron chi connectivity index (χ0n) is 12.5. The first-order chi connectivity index (χ1) is 10.1. The van der Waals surface area contributed by atoms with Gasteiger partial charge in [-0.3, -0.25) is 4.90 Å². The number of nitrogens with zero attached hydrogens (tertiary/aromatic N) is 3. The van der Waals surface area contributed by atoms with Gasteiger partial charge in [0.2, 0.25) is 11.7 Å². The van der Waals surface area contributed by atoms with E-state index in [1.165, 1.54) is 5.56 Å². The molecule has 0 saturated carbocycles. The minimum absolute atomic E-state index is 0.266. The van der Waals surface area contributed by atoms with E-state index in [4.69, 9.17) is 4.52 Å². The van der Waals surface area contributed by atoms with Crippen molar-refractivity contribution in [1.29, 1.82) is 0 Å². The molecule has 2 heterocycles. The molecule has 5 heteroatoms. The van der Waals surface area contributed by atoms with Crippen LogP contribution in [0.5, 0.6) is 0 Å². The molecule has 2 aromatic rings. The van der Waals surface area contributed by atoms with Gasteiger partial charge in [0, 0.05) is 12.1 Å². The lowest BCUT2D eigenvalue weighted by atomic mass is 9.96. The number of aliphatic hydroxyl groups is 1. The van der Waals surface area contributed by atoms with Crippen LogP contribution in [0.1, 0.15) is 24.8 Å². The summed E-state index contributed by atoms with van der Waals surface area (Å²) in [5, 5.41) is 14.0. The number of hydrogen-bond acceptors (Lipinski definition) is 5. The molecule has 2 unspecified atom stereocenters. The molecule has 1 aromatic heterocycles. The Bertz CT molecular complexity index is 594. The summed E-state index contributed by atoms with van der Waals surface area (Å²) in [6.07, 6.45) is 0.735. The lowest BCUT2D eigenvalue weighted by molar-refractivity contribution is 0.0220. The molecule has 0 bridgehead atoms. The molecule has 1 N–H and O–H groups in total. The fraction of sp³-hybridized carbons (Fsp3) is 0.500. The Labute approximate surface area is 124 Å². The van der Waals surface area contributed by atoms with Gasteiger partial charge in [0.15, 0.2) is 0 Å². The number of aliphatic hydroxyl groups excluding tert-OH is 1. The second-order valence-corrected chi connectivity index (χ2v) is 5.95. The molecule has 5 nitrogen and oxygen atoms in total. The molecule has 0 amide bonds. The molecule has 1 aliphatic rings. The number of benzene rings is 1. The van der Waals surface area contributed by atoms with Crippen LogP contribution in [0.3, 0.4) is 0 Å². The van der Waals surface area contributed by atoms with Gasteiger partial charge in [-0.2, -0.15) is 4.98 Å². The summed E-state index contributed by atoms with van der Waals surface area (Å²) in [5.74, 6) is 1.59. The van der Waals surface area contributed by atoms with Crippen molar-refractivity contribution in [1.82, 2.24) is 15.0 Å². The van der Waals surface area contributed by atoms with Crippen LogP contribution in [-0.2, 0) is 6.54 Å². The summed E-state index contributed by atoms with van der Waals surface area (Å²) in [7, 11) is 0. The highest BCUT2D eigenvalue weighted by Crippen LogP contribution is 2.20. The van der Waals surface area contributed by atoms with Crippen molar-refractivity contribution >= 4 is 0 Å². The van der Waals surface area contributed by atoms with Gasteiger partial charge in [0.25, 0.3) is 0 Å². The summed E-state index contributed by atoms with van der Waals surface area (Å²) in [4.78, 5) is 6.61. The fourth-order valence-electron chi connectivity index (χ4n) is 2.59. The van der Waals surface area contributed by atoms with Crippen molar-refractivity contribution in [2.75, 3.05) is 13.1 Å². The number of β-amino-alcohol motifs (C(OH)–C–C–N with tert-alkyl or cyclic N) is 1. The van der Waals surface area contributed by atoms with Gasteiger partial charge in [0.05, 0.1) is 12.6 Å². The minimum Gasteiger partial charge on any atom is -0.392 e. The predicted molar refractivity (Wildman–Crippen MR) is 79.5 cm³/mol. The second-order valence-electron chi connectivity index (χ2n) is 5.95. The molecule has 0 radical (unpaired) electrons. The Hall–Kier alpha value is -1.72. The molecule has 1 saturated heterocycles. The Balaban J connectivity index is 1.66. The summed E-state index contributed by atoms with van der Waals surface area (Å²) in [6, 6.07) is 8.06. The summed E-state index contributed by atoms with van der Waals surface area (Å²) >= 11 is 0. The Morgan fingerprint density at radius 3 is 2.81 bits per heavy atom. The maximum absolute atomic E-state index is 9.93. The molecule has 21 heavy (non-hydrogen) atoms. The second kappa shape index (κ2) is 5.95. The number of aryl methyl sites for hydroxylation is 1. The average Bonchev–Trinajstić information content (AvgIpc) is 2.92. The SMILES string of the molecule is Cc1ccc(-c2noc(CN3CCC(C)C(O)C3)n2)cc1. The third kappa shape index (κ3) is 3.31. The summed E-state index contributed by atoms with van der Waals surface area (Å²) < 4.78 is 5.33. The molecular formula is C16H21N3O2. The number of hydrogen-bond donors (Lipinski definition) is 1. The predicted octanol–water partition coefficient (Wildman–Crippen LogP) is 2.25. The molecule has 112 valence electrons. The number of likely N-dealkylation sites (tertiary alicyclic amines) is 1. The van der Waals surface area contributed by atoms with Crippen LogP contribution in [0.25, 0.3) is 11.4 Å². The lowest BCUT2D eigenvalue weighted by Gasteiger charge is -2.33. The van der Waals surface area contributed by atoms with Crippen LogP contribution >= 0.6 is 0 Å². The molecule has 1 aliphatic heterocycles. The van der Waals surface area contributed by atoms with E-state index in [0.29, 0.717) is 30.7 Å². The van der Waals surface area contributed by atoms with E-state index in [-0.39, 0.29) is 6.10 Å². The normalized spacial score (nSPS) is 23.4. The molecular weight excluding hydrogens is 266 g/mol. The molecule has 1 fully saturated rings. The van der Waals surface area contributed by atoms with E-state index in [9.17, 15) is 5.11 Å². The van der Waals surface area contributed by atoms with Crippen molar-refractivity contribution in [3.8, 4) is 11.4 Å². The Morgan fingerprint density at radius 2 is 2.10 bits per heavy atom. The number of aromatic nitrogens is 2. The maximum Gasteiger partial charge on any atom is 0.241 e. The van der Waals surface area contributed by atoms with Gasteiger partial charge >= 0.3 is 0 Å². The quantitative estimate of drug-likeness (QED) is 0.938. The van der Waals surface area contributed by atoms with Gasteiger partial charge in [-0.05, 0) is 25.8 Å². The van der Waals surface area contributed by atoms with Crippen LogP contribution in [0, 0.1) is 12.8 Å². The van der Waals surface area contributed by atoms with Gasteiger partial charge < -0.3 is 9.63 Å². The van der Waals surface area contributed by atoms with Crippen LogP contribution in [-0.4, -0.2) is 39.3 Å². The first kappa shape index (κ1) is 14.2. The summed E-state index contributed by atoms with van der Waals surface area (Å²) in [5.41, 5.74) is 2.17. The van der Waals surface area contributed by atoms with Crippen LogP contribution in [0.2, 0.25) is 0 Å². The molecule has 2 atom stereocenters. The smallest absolute Gasteiger partial charge is 0.241 e. The number of rotatable bonds is 3. The topological polar surface area (TPSA) is 62.4 Å². The van der Waals surface area contributed by atoms with Crippen molar-refractivity contribution in [3.63, 3.8) is 0 Å². The van der Waals surface area contributed by atoms with E-state index < -0.39 is 0 Å². The zero-order chi connectivity index (χ0) is 14.8. The van der Waals surface area contributed by atoms with Crippen molar-refractivity contribution < 1.29 is 9.63 Å². The third-order valence-electron chi connectivity index (χ3n) is 4.14. The highest BCUT2D eigenvalue weighted by atomic mass is 16.5. The van der Waals surface area contributed by atoms with Gasteiger partial charge in [-0.1, -0.05) is 41.9 Å². The minimum atomic E-state index is -0.266. The lowest BCUT2D eigenvalue weighted by Crippen LogP contribution is -2.42. The van der Waals surface area contributed by atoms with Crippen molar-refractivity contribution in [2.45, 2.75) is 32.9 Å². The monoisotopic (exact) mass is 287 g/mol. The van der Waals surface area contributed by atoms with E-state index in [1.54, 1.807) is 0 Å². The largest absolute Gasteiger partial charge is 0.392 e. The first-order valence-corrected chi connectivity index (χ1v) is 7.42. The van der Waals surface area contributed by atoms with Gasteiger partial charge in [-0.15, -0.1) is 0 Å². The van der Waals surface area contributed by atoms with E-state index >= 15 is 0 Å². The van der Waals surface area contributed by atoms with Crippen molar-refractivity contribution in [2.24, 2.45) is 5.92 Å². The standard InChI is InChI=1S/C16H21N3O2/c1-11-3-5-13(6-4-11)16-17-15(21-18-16)10-19-8-7-12(2)14(20)9-19/h3-6,12,14,20H,7-10H2,1-2H3. The maximum atomic E-state index is 9.93. The van der Waals surface area contributed by atoms with E-state index in [2.05, 4.69) is 22.0 Å². The van der Waals surface area contributed by atoms with Crippen molar-refractivity contribution in [3.05, 3.63) is 35.7 Å². The third-order valence-corrected chi connectivity index (χ3v) is 4.14. The Morgan fingerprint density at radius 1 is 1.33 bits per heavy atom. The van der Waals surface area contributed by atoms with Crippen LogP contribution in [0.15, 0.2) is 28.8 Å². The summed E-state index contributed by atoms with van der Waals surface area (Å²) in [6.45, 7) is 6.37. The fourth-order valence-corrected chi connectivity index (χ4v) is 2.59. The number of piperidine rings is 1. The zero-order valence-corrected chi connectivity index (χ0v) is 12.5. The van der Waals surface area contributed by atoms with Crippen LogP contribution < -0.4 is 0 Å². The highest BCUT2D eigenvalue weighted by Gasteiger charge is 2.25. The molecule has 3 rings (SSSR count). The molecule has 0 spiro atoms. The van der Waals surface area contributed by atoms with Crippen LogP contribution in [0.4, 0.5) is 0 Å². The molecule has 0 aliphatic carbocycles. The van der Waals surface area contributed by atoms with E-state index in [1.807, 2.05) is 31.2 Å². The molecule has 1 aromatic carbocycles.